The molecule has 0 atom stereocenters. The molecule has 3 aromatic rings. The number of nitrogens with zero attached hydrogens (tertiary/aromatic N) is 1. The molecule has 3 rings (SSSR count). The van der Waals surface area contributed by atoms with Gasteiger partial charge in [0.1, 0.15) is 0 Å². The van der Waals surface area contributed by atoms with Crippen LogP contribution in [-0.4, -0.2) is 4.57 Å². The molecule has 1 aromatic heterocycles. The molecule has 0 amide bonds. The van der Waals surface area contributed by atoms with E-state index in [0.717, 1.165) is 5.69 Å². The Hall–Kier alpha value is -2.22. The standard InChI is InChI=1S/C15H14N2/c1-17-10-9-12-3-2-4-14(15(12)17)11-5-7-13(16)8-6-11/h2-10H,16H2,1H3. The van der Waals surface area contributed by atoms with Gasteiger partial charge in [0.05, 0.1) is 5.52 Å². The molecule has 0 fully saturated rings. The summed E-state index contributed by atoms with van der Waals surface area (Å²) < 4.78 is 2.15. The smallest absolute Gasteiger partial charge is 0.0557 e. The maximum Gasteiger partial charge on any atom is 0.0557 e. The van der Waals surface area contributed by atoms with E-state index in [1.165, 1.54) is 22.0 Å². The Bertz CT molecular complexity index is 663. The van der Waals surface area contributed by atoms with Crippen LogP contribution in [0.1, 0.15) is 0 Å². The van der Waals surface area contributed by atoms with E-state index in [0.29, 0.717) is 0 Å². The highest BCUT2D eigenvalue weighted by Gasteiger charge is 2.06. The normalized spacial score (nSPS) is 10.9. The predicted octanol–water partition coefficient (Wildman–Crippen LogP) is 3.43. The first-order valence-corrected chi connectivity index (χ1v) is 5.66. The number of rotatable bonds is 1. The molecule has 0 aliphatic heterocycles. The number of nitrogens with two attached hydrogens (primary N) is 1. The number of fused-ring (bicyclic) bond motifs is 1. The van der Waals surface area contributed by atoms with E-state index in [1.54, 1.807) is 0 Å². The lowest BCUT2D eigenvalue weighted by Gasteiger charge is -2.06. The Balaban J connectivity index is 2.29. The summed E-state index contributed by atoms with van der Waals surface area (Å²) in [6.45, 7) is 0. The van der Waals surface area contributed by atoms with E-state index in [1.807, 2.05) is 12.1 Å². The van der Waals surface area contributed by atoms with Crippen LogP contribution in [0.5, 0.6) is 0 Å². The van der Waals surface area contributed by atoms with Gasteiger partial charge in [-0.3, -0.25) is 0 Å². The Morgan fingerprint density at radius 1 is 0.941 bits per heavy atom. The lowest BCUT2D eigenvalue weighted by molar-refractivity contribution is 0.970. The highest BCUT2D eigenvalue weighted by molar-refractivity contribution is 5.94. The number of anilines is 1. The van der Waals surface area contributed by atoms with E-state index in [9.17, 15) is 0 Å². The average Bonchev–Trinajstić information content (AvgIpc) is 2.73. The second-order valence-corrected chi connectivity index (χ2v) is 4.29. The van der Waals surface area contributed by atoms with Gasteiger partial charge in [0, 0.05) is 29.9 Å². The quantitative estimate of drug-likeness (QED) is 0.628. The summed E-state index contributed by atoms with van der Waals surface area (Å²) in [5.41, 5.74) is 10.2. The highest BCUT2D eigenvalue weighted by atomic mass is 14.9. The SMILES string of the molecule is Cn1ccc2cccc(-c3ccc(N)cc3)c21. The van der Waals surface area contributed by atoms with Gasteiger partial charge in [-0.25, -0.2) is 0 Å². The van der Waals surface area contributed by atoms with Crippen molar-refractivity contribution in [2.45, 2.75) is 0 Å². The van der Waals surface area contributed by atoms with Crippen LogP contribution < -0.4 is 5.73 Å². The fourth-order valence-electron chi connectivity index (χ4n) is 2.25. The van der Waals surface area contributed by atoms with Crippen LogP contribution in [0, 0.1) is 0 Å². The van der Waals surface area contributed by atoms with Gasteiger partial charge in [-0.05, 0) is 23.8 Å². The monoisotopic (exact) mass is 222 g/mol. The van der Waals surface area contributed by atoms with Crippen molar-refractivity contribution in [3.05, 3.63) is 54.7 Å². The number of aromatic nitrogens is 1. The third-order valence-electron chi connectivity index (χ3n) is 3.12. The lowest BCUT2D eigenvalue weighted by atomic mass is 10.0. The Morgan fingerprint density at radius 3 is 2.47 bits per heavy atom. The van der Waals surface area contributed by atoms with Gasteiger partial charge in [0.2, 0.25) is 0 Å². The molecule has 2 heteroatoms. The largest absolute Gasteiger partial charge is 0.399 e. The molecule has 2 nitrogen and oxygen atoms in total. The second kappa shape index (κ2) is 3.67. The first-order chi connectivity index (χ1) is 8.25. The van der Waals surface area contributed by atoms with Crippen LogP contribution in [0.15, 0.2) is 54.7 Å². The van der Waals surface area contributed by atoms with Crippen LogP contribution in [-0.2, 0) is 7.05 Å². The van der Waals surface area contributed by atoms with Gasteiger partial charge in [0.25, 0.3) is 0 Å². The van der Waals surface area contributed by atoms with Gasteiger partial charge in [-0.1, -0.05) is 30.3 Å². The topological polar surface area (TPSA) is 30.9 Å². The summed E-state index contributed by atoms with van der Waals surface area (Å²) in [6, 6.07) is 16.5. The molecule has 2 N–H and O–H groups in total. The molecule has 0 aliphatic carbocycles. The van der Waals surface area contributed by atoms with E-state index < -0.39 is 0 Å². The van der Waals surface area contributed by atoms with Gasteiger partial charge in [-0.2, -0.15) is 0 Å². The fourth-order valence-corrected chi connectivity index (χ4v) is 2.25. The van der Waals surface area contributed by atoms with E-state index in [-0.39, 0.29) is 0 Å². The third kappa shape index (κ3) is 1.58. The fraction of sp³-hybridized carbons (Fsp3) is 0.0667. The highest BCUT2D eigenvalue weighted by Crippen LogP contribution is 2.29. The second-order valence-electron chi connectivity index (χ2n) is 4.29. The summed E-state index contributed by atoms with van der Waals surface area (Å²) in [6.07, 6.45) is 2.09. The number of hydrogen-bond donors (Lipinski definition) is 1. The average molecular weight is 222 g/mol. The number of aryl methyl sites for hydroxylation is 1. The maximum absolute atomic E-state index is 5.72. The molecule has 1 heterocycles. The molecule has 0 bridgehead atoms. The maximum atomic E-state index is 5.72. The van der Waals surface area contributed by atoms with Gasteiger partial charge < -0.3 is 10.3 Å². The summed E-state index contributed by atoms with van der Waals surface area (Å²) in [5, 5.41) is 1.27. The molecule has 0 aliphatic rings. The minimum absolute atomic E-state index is 0.799. The van der Waals surface area contributed by atoms with Crippen molar-refractivity contribution >= 4 is 16.6 Å². The molecule has 0 radical (unpaired) electrons. The third-order valence-corrected chi connectivity index (χ3v) is 3.12. The van der Waals surface area contributed by atoms with Gasteiger partial charge in [-0.15, -0.1) is 0 Å². The first kappa shape index (κ1) is 9.97. The van der Waals surface area contributed by atoms with Crippen LogP contribution in [0.25, 0.3) is 22.0 Å². The van der Waals surface area contributed by atoms with Crippen LogP contribution in [0.3, 0.4) is 0 Å². The van der Waals surface area contributed by atoms with Crippen molar-refractivity contribution in [1.82, 2.24) is 4.57 Å². The van der Waals surface area contributed by atoms with Crippen molar-refractivity contribution < 1.29 is 0 Å². The van der Waals surface area contributed by atoms with Crippen molar-refractivity contribution in [2.24, 2.45) is 7.05 Å². The minimum Gasteiger partial charge on any atom is -0.399 e. The summed E-state index contributed by atoms with van der Waals surface area (Å²) in [7, 11) is 2.07. The molecule has 84 valence electrons. The number of nitrogen functional groups attached to an aromatic ring is 1. The van der Waals surface area contributed by atoms with E-state index >= 15 is 0 Å². The molecular formula is C15H14N2. The predicted molar refractivity (Wildman–Crippen MR) is 72.8 cm³/mol. The molecule has 0 unspecified atom stereocenters. The minimum atomic E-state index is 0.799. The van der Waals surface area contributed by atoms with Crippen LogP contribution in [0.2, 0.25) is 0 Å². The molecular weight excluding hydrogens is 208 g/mol. The molecule has 2 aromatic carbocycles. The molecule has 0 saturated carbocycles. The van der Waals surface area contributed by atoms with Crippen molar-refractivity contribution in [3.8, 4) is 11.1 Å². The van der Waals surface area contributed by atoms with Crippen molar-refractivity contribution in [3.63, 3.8) is 0 Å². The number of benzene rings is 2. The lowest BCUT2D eigenvalue weighted by Crippen LogP contribution is -1.89. The van der Waals surface area contributed by atoms with Crippen LogP contribution >= 0.6 is 0 Å². The van der Waals surface area contributed by atoms with E-state index in [2.05, 4.69) is 54.2 Å². The zero-order chi connectivity index (χ0) is 11.8. The number of para-hydroxylation sites is 1. The van der Waals surface area contributed by atoms with Gasteiger partial charge >= 0.3 is 0 Å². The summed E-state index contributed by atoms with van der Waals surface area (Å²) in [5.74, 6) is 0. The Kier molecular flexibility index (Phi) is 2.15. The zero-order valence-corrected chi connectivity index (χ0v) is 9.72. The summed E-state index contributed by atoms with van der Waals surface area (Å²) >= 11 is 0. The van der Waals surface area contributed by atoms with E-state index in [4.69, 9.17) is 5.73 Å². The summed E-state index contributed by atoms with van der Waals surface area (Å²) in [4.78, 5) is 0. The first-order valence-electron chi connectivity index (χ1n) is 5.66. The van der Waals surface area contributed by atoms with Crippen molar-refractivity contribution in [2.75, 3.05) is 5.73 Å². The Labute approximate surface area is 100 Å². The molecule has 17 heavy (non-hydrogen) atoms. The molecule has 0 saturated heterocycles. The Morgan fingerprint density at radius 2 is 1.71 bits per heavy atom. The number of hydrogen-bond acceptors (Lipinski definition) is 1. The van der Waals surface area contributed by atoms with Crippen LogP contribution in [0.4, 0.5) is 5.69 Å². The van der Waals surface area contributed by atoms with Gasteiger partial charge in [0.15, 0.2) is 0 Å². The van der Waals surface area contributed by atoms with Crippen molar-refractivity contribution in [1.29, 1.82) is 0 Å². The zero-order valence-electron chi connectivity index (χ0n) is 9.72. The molecule has 0 spiro atoms.